The molecule has 3 aromatic rings. The lowest BCUT2D eigenvalue weighted by atomic mass is 9.99. The van der Waals surface area contributed by atoms with Crippen LogP contribution >= 0.6 is 11.6 Å². The van der Waals surface area contributed by atoms with Crippen LogP contribution in [-0.2, 0) is 4.79 Å². The first-order valence-corrected chi connectivity index (χ1v) is 8.83. The van der Waals surface area contributed by atoms with Crippen molar-refractivity contribution in [2.45, 2.75) is 0 Å². The Hall–Kier alpha value is -3.64. The van der Waals surface area contributed by atoms with Gasteiger partial charge in [-0.05, 0) is 35.9 Å². The van der Waals surface area contributed by atoms with Crippen molar-refractivity contribution in [3.8, 4) is 0 Å². The summed E-state index contributed by atoms with van der Waals surface area (Å²) in [5.41, 5.74) is 3.37. The first-order chi connectivity index (χ1) is 13.5. The quantitative estimate of drug-likeness (QED) is 0.364. The van der Waals surface area contributed by atoms with Crippen molar-refractivity contribution in [3.63, 3.8) is 0 Å². The molecule has 0 radical (unpaired) electrons. The van der Waals surface area contributed by atoms with Crippen molar-refractivity contribution in [2.24, 2.45) is 0 Å². The topological polar surface area (TPSA) is 84.3 Å². The Kier molecular flexibility index (Phi) is 4.55. The molecule has 6 nitrogen and oxygen atoms in total. The number of carbonyl (C=O) groups excluding carboxylic acids is 1. The Balaban J connectivity index is 1.92. The summed E-state index contributed by atoms with van der Waals surface area (Å²) in [5.74, 6) is -0.323. The van der Waals surface area contributed by atoms with Gasteiger partial charge in [-0.15, -0.1) is 0 Å². The fraction of sp³-hybridized carbons (Fsp3) is 0. The van der Waals surface area contributed by atoms with Gasteiger partial charge in [0.15, 0.2) is 0 Å². The van der Waals surface area contributed by atoms with Crippen molar-refractivity contribution in [1.82, 2.24) is 0 Å². The van der Waals surface area contributed by atoms with Gasteiger partial charge in [-0.2, -0.15) is 0 Å². The van der Waals surface area contributed by atoms with E-state index in [4.69, 9.17) is 11.6 Å². The van der Waals surface area contributed by atoms with E-state index in [0.29, 0.717) is 27.5 Å². The molecule has 1 amide bonds. The van der Waals surface area contributed by atoms with Crippen LogP contribution in [0.5, 0.6) is 0 Å². The number of fused-ring (bicyclic) bond motifs is 1. The van der Waals surface area contributed by atoms with Crippen LogP contribution in [0.2, 0.25) is 5.02 Å². The smallest absolute Gasteiger partial charge is 0.270 e. The Labute approximate surface area is 165 Å². The predicted octanol–water partition coefficient (Wildman–Crippen LogP) is 5.18. The number of benzene rings is 3. The van der Waals surface area contributed by atoms with Gasteiger partial charge in [0.2, 0.25) is 0 Å². The molecule has 0 aromatic heterocycles. The van der Waals surface area contributed by atoms with Crippen molar-refractivity contribution in [1.29, 1.82) is 0 Å². The molecular weight excluding hydrogens is 378 g/mol. The number of non-ortho nitro benzene ring substituents is 1. The SMILES string of the molecule is O=C1Nc2ccc([N+](=O)[O-])cc2C1=C(Nc1ccc(Cl)cc1)c1ccccc1. The Morgan fingerprint density at radius 2 is 1.71 bits per heavy atom. The van der Waals surface area contributed by atoms with Gasteiger partial charge >= 0.3 is 0 Å². The van der Waals surface area contributed by atoms with Crippen LogP contribution in [0.15, 0.2) is 72.8 Å². The van der Waals surface area contributed by atoms with Crippen LogP contribution in [-0.4, -0.2) is 10.8 Å². The van der Waals surface area contributed by atoms with Gasteiger partial charge in [-0.3, -0.25) is 14.9 Å². The van der Waals surface area contributed by atoms with Crippen molar-refractivity contribution in [3.05, 3.63) is 99.1 Å². The summed E-state index contributed by atoms with van der Waals surface area (Å²) >= 11 is 5.96. The molecule has 1 aliphatic rings. The van der Waals surface area contributed by atoms with Gasteiger partial charge in [0.25, 0.3) is 11.6 Å². The highest BCUT2D eigenvalue weighted by molar-refractivity contribution is 6.37. The second-order valence-electron chi connectivity index (χ2n) is 6.19. The zero-order chi connectivity index (χ0) is 19.7. The number of carbonyl (C=O) groups is 1. The molecule has 0 saturated carbocycles. The molecule has 0 aliphatic carbocycles. The van der Waals surface area contributed by atoms with Gasteiger partial charge in [0, 0.05) is 34.1 Å². The van der Waals surface area contributed by atoms with Crippen LogP contribution in [0.3, 0.4) is 0 Å². The van der Waals surface area contributed by atoms with Crippen LogP contribution in [0.25, 0.3) is 11.3 Å². The molecule has 2 N–H and O–H groups in total. The van der Waals surface area contributed by atoms with E-state index in [1.807, 2.05) is 30.3 Å². The highest BCUT2D eigenvalue weighted by Gasteiger charge is 2.30. The van der Waals surface area contributed by atoms with E-state index in [0.717, 1.165) is 11.3 Å². The van der Waals surface area contributed by atoms with Crippen LogP contribution in [0.1, 0.15) is 11.1 Å². The summed E-state index contributed by atoms with van der Waals surface area (Å²) in [7, 11) is 0. The molecule has 0 atom stereocenters. The third-order valence-electron chi connectivity index (χ3n) is 4.38. The Bertz CT molecular complexity index is 1110. The standard InChI is InChI=1S/C21H14ClN3O3/c22-14-6-8-15(9-7-14)23-20(13-4-2-1-3-5-13)19-17-12-16(25(27)28)10-11-18(17)24-21(19)26/h1-12,23H,(H,24,26). The molecule has 1 heterocycles. The number of hydrogen-bond donors (Lipinski definition) is 2. The van der Waals surface area contributed by atoms with Gasteiger partial charge < -0.3 is 10.6 Å². The lowest BCUT2D eigenvalue weighted by molar-refractivity contribution is -0.384. The third-order valence-corrected chi connectivity index (χ3v) is 4.64. The molecule has 28 heavy (non-hydrogen) atoms. The average molecular weight is 392 g/mol. The summed E-state index contributed by atoms with van der Waals surface area (Å²) in [5, 5.41) is 17.9. The molecule has 0 saturated heterocycles. The lowest BCUT2D eigenvalue weighted by Crippen LogP contribution is -2.10. The van der Waals surface area contributed by atoms with Gasteiger partial charge in [-0.1, -0.05) is 41.9 Å². The maximum Gasteiger partial charge on any atom is 0.270 e. The molecular formula is C21H14ClN3O3. The van der Waals surface area contributed by atoms with E-state index in [-0.39, 0.29) is 11.6 Å². The molecule has 0 bridgehead atoms. The lowest BCUT2D eigenvalue weighted by Gasteiger charge is -2.14. The largest absolute Gasteiger partial charge is 0.354 e. The molecule has 0 fully saturated rings. The molecule has 1 aliphatic heterocycles. The number of nitro groups is 1. The number of amides is 1. The van der Waals surface area contributed by atoms with E-state index in [9.17, 15) is 14.9 Å². The normalized spacial score (nSPS) is 14.2. The van der Waals surface area contributed by atoms with Gasteiger partial charge in [0.1, 0.15) is 0 Å². The fourth-order valence-corrected chi connectivity index (χ4v) is 3.20. The maximum atomic E-state index is 12.8. The minimum atomic E-state index is -0.477. The number of hydrogen-bond acceptors (Lipinski definition) is 4. The van der Waals surface area contributed by atoms with E-state index < -0.39 is 4.92 Å². The van der Waals surface area contributed by atoms with E-state index in [1.54, 1.807) is 30.3 Å². The number of nitrogens with zero attached hydrogens (tertiary/aromatic N) is 1. The molecule has 3 aromatic carbocycles. The molecule has 4 rings (SSSR count). The number of rotatable bonds is 4. The zero-order valence-electron chi connectivity index (χ0n) is 14.5. The fourth-order valence-electron chi connectivity index (χ4n) is 3.08. The minimum Gasteiger partial charge on any atom is -0.354 e. The third kappa shape index (κ3) is 3.33. The maximum absolute atomic E-state index is 12.8. The predicted molar refractivity (Wildman–Crippen MR) is 110 cm³/mol. The molecule has 0 unspecified atom stereocenters. The number of nitro benzene ring substituents is 1. The molecule has 0 spiro atoms. The first-order valence-electron chi connectivity index (χ1n) is 8.45. The minimum absolute atomic E-state index is 0.0772. The van der Waals surface area contributed by atoms with Gasteiger partial charge in [0.05, 0.1) is 16.2 Å². The Morgan fingerprint density at radius 1 is 1.00 bits per heavy atom. The number of anilines is 2. The number of halogens is 1. The summed E-state index contributed by atoms with van der Waals surface area (Å²) in [6, 6.07) is 20.7. The van der Waals surface area contributed by atoms with Crippen molar-refractivity contribution >= 4 is 45.8 Å². The summed E-state index contributed by atoms with van der Waals surface area (Å²) in [4.78, 5) is 23.5. The number of nitrogens with one attached hydrogen (secondary N) is 2. The molecule has 138 valence electrons. The monoisotopic (exact) mass is 391 g/mol. The van der Waals surface area contributed by atoms with Crippen molar-refractivity contribution < 1.29 is 9.72 Å². The summed E-state index contributed by atoms with van der Waals surface area (Å²) in [6.07, 6.45) is 0. The van der Waals surface area contributed by atoms with E-state index in [2.05, 4.69) is 10.6 Å². The van der Waals surface area contributed by atoms with E-state index >= 15 is 0 Å². The highest BCUT2D eigenvalue weighted by atomic mass is 35.5. The second kappa shape index (κ2) is 7.17. The Morgan fingerprint density at radius 3 is 2.39 bits per heavy atom. The van der Waals surface area contributed by atoms with Crippen LogP contribution in [0.4, 0.5) is 17.1 Å². The van der Waals surface area contributed by atoms with Gasteiger partial charge in [-0.25, -0.2) is 0 Å². The molecule has 7 heteroatoms. The average Bonchev–Trinajstić information content (AvgIpc) is 3.03. The second-order valence-corrected chi connectivity index (χ2v) is 6.63. The summed E-state index contributed by atoms with van der Waals surface area (Å²) < 4.78 is 0. The van der Waals surface area contributed by atoms with Crippen LogP contribution < -0.4 is 10.6 Å². The zero-order valence-corrected chi connectivity index (χ0v) is 15.2. The van der Waals surface area contributed by atoms with Crippen LogP contribution in [0, 0.1) is 10.1 Å². The van der Waals surface area contributed by atoms with Crippen molar-refractivity contribution in [2.75, 3.05) is 10.6 Å². The first kappa shape index (κ1) is 17.8. The van der Waals surface area contributed by atoms with E-state index in [1.165, 1.54) is 12.1 Å². The summed E-state index contributed by atoms with van der Waals surface area (Å²) in [6.45, 7) is 0. The highest BCUT2D eigenvalue weighted by Crippen LogP contribution is 2.39.